The van der Waals surface area contributed by atoms with Gasteiger partial charge in [-0.25, -0.2) is 4.39 Å². The smallest absolute Gasteiger partial charge is 0.323 e. The molecule has 18 heavy (non-hydrogen) atoms. The molecule has 0 aliphatic carbocycles. The Morgan fingerprint density at radius 2 is 1.94 bits per heavy atom. The molecular formula is C13H18FNO2S. The normalized spacial score (nSPS) is 11.8. The van der Waals surface area contributed by atoms with Crippen LogP contribution in [-0.2, 0) is 4.79 Å². The van der Waals surface area contributed by atoms with Gasteiger partial charge in [0.15, 0.2) is 0 Å². The number of likely N-dealkylation sites (N-methyl/N-ethyl adjacent to an activating group) is 1. The number of nitrogens with zero attached hydrogens (tertiary/aromatic N) is 1. The van der Waals surface area contributed by atoms with E-state index in [1.807, 2.05) is 0 Å². The molecule has 5 heteroatoms. The zero-order valence-electron chi connectivity index (χ0n) is 10.8. The first kappa shape index (κ1) is 15.0. The molecule has 0 aromatic heterocycles. The maximum absolute atomic E-state index is 12.7. The summed E-state index contributed by atoms with van der Waals surface area (Å²) in [6.45, 7) is 4.01. The molecule has 0 aliphatic heterocycles. The van der Waals surface area contributed by atoms with Crippen molar-refractivity contribution in [2.45, 2.75) is 24.3 Å². The highest BCUT2D eigenvalue weighted by Gasteiger charge is 2.31. The Labute approximate surface area is 111 Å². The average molecular weight is 271 g/mol. The highest BCUT2D eigenvalue weighted by atomic mass is 32.2. The molecule has 1 rings (SSSR count). The lowest BCUT2D eigenvalue weighted by atomic mass is 10.0. The van der Waals surface area contributed by atoms with Crippen molar-refractivity contribution in [1.29, 1.82) is 0 Å². The molecule has 0 bridgehead atoms. The fourth-order valence-corrected chi connectivity index (χ4v) is 2.20. The molecular weight excluding hydrogens is 253 g/mol. The van der Waals surface area contributed by atoms with Crippen molar-refractivity contribution in [2.24, 2.45) is 0 Å². The number of rotatable bonds is 6. The summed E-state index contributed by atoms with van der Waals surface area (Å²) >= 11 is 1.58. The predicted molar refractivity (Wildman–Crippen MR) is 71.5 cm³/mol. The Morgan fingerprint density at radius 1 is 1.39 bits per heavy atom. The third kappa shape index (κ3) is 3.99. The molecule has 0 radical (unpaired) electrons. The summed E-state index contributed by atoms with van der Waals surface area (Å²) < 4.78 is 12.7. The Bertz CT molecular complexity index is 406. The van der Waals surface area contributed by atoms with E-state index in [-0.39, 0.29) is 5.82 Å². The molecule has 1 aromatic carbocycles. The lowest BCUT2D eigenvalue weighted by molar-refractivity contribution is -0.148. The van der Waals surface area contributed by atoms with Gasteiger partial charge in [-0.1, -0.05) is 0 Å². The Morgan fingerprint density at radius 3 is 2.44 bits per heavy atom. The Balaban J connectivity index is 2.42. The molecule has 1 N–H and O–H groups in total. The zero-order chi connectivity index (χ0) is 13.8. The van der Waals surface area contributed by atoms with Gasteiger partial charge in [-0.05, 0) is 45.2 Å². The number of carboxylic acids is 1. The van der Waals surface area contributed by atoms with E-state index in [1.54, 1.807) is 49.7 Å². The van der Waals surface area contributed by atoms with E-state index >= 15 is 0 Å². The summed E-state index contributed by atoms with van der Waals surface area (Å²) in [5, 5.41) is 9.07. The van der Waals surface area contributed by atoms with Gasteiger partial charge in [0.1, 0.15) is 11.4 Å². The number of thioether (sulfide) groups is 1. The van der Waals surface area contributed by atoms with Gasteiger partial charge >= 0.3 is 5.97 Å². The van der Waals surface area contributed by atoms with E-state index in [0.29, 0.717) is 6.54 Å². The van der Waals surface area contributed by atoms with Crippen LogP contribution in [0.1, 0.15) is 13.8 Å². The minimum Gasteiger partial charge on any atom is -0.480 e. The van der Waals surface area contributed by atoms with Gasteiger partial charge in [0.25, 0.3) is 0 Å². The molecule has 3 nitrogen and oxygen atoms in total. The topological polar surface area (TPSA) is 40.5 Å². The van der Waals surface area contributed by atoms with E-state index in [4.69, 9.17) is 5.11 Å². The molecule has 0 aliphatic rings. The van der Waals surface area contributed by atoms with Gasteiger partial charge in [0.05, 0.1) is 0 Å². The monoisotopic (exact) mass is 271 g/mol. The summed E-state index contributed by atoms with van der Waals surface area (Å²) in [5.41, 5.74) is -0.872. The number of aliphatic carboxylic acids is 1. The van der Waals surface area contributed by atoms with Crippen LogP contribution in [0.2, 0.25) is 0 Å². The average Bonchev–Trinajstić information content (AvgIpc) is 2.31. The van der Waals surface area contributed by atoms with Crippen molar-refractivity contribution in [3.05, 3.63) is 30.1 Å². The SMILES string of the molecule is CN(CCSc1ccc(F)cc1)C(C)(C)C(=O)O. The van der Waals surface area contributed by atoms with Crippen molar-refractivity contribution in [3.8, 4) is 0 Å². The molecule has 1 aromatic rings. The first-order valence-electron chi connectivity index (χ1n) is 5.67. The molecule has 0 fully saturated rings. The maximum Gasteiger partial charge on any atom is 0.323 e. The van der Waals surface area contributed by atoms with E-state index < -0.39 is 11.5 Å². The van der Waals surface area contributed by atoms with Crippen LogP contribution in [0.25, 0.3) is 0 Å². The molecule has 0 saturated carbocycles. The molecule has 0 saturated heterocycles. The summed E-state index contributed by atoms with van der Waals surface area (Å²) in [6, 6.07) is 6.30. The predicted octanol–water partition coefficient (Wildman–Crippen LogP) is 2.71. The van der Waals surface area contributed by atoms with Crippen LogP contribution in [0, 0.1) is 5.82 Å². The molecule has 0 unspecified atom stereocenters. The summed E-state index contributed by atoms with van der Waals surface area (Å²) in [6.07, 6.45) is 0. The quantitative estimate of drug-likeness (QED) is 0.808. The van der Waals surface area contributed by atoms with Crippen LogP contribution in [0.4, 0.5) is 4.39 Å². The lowest BCUT2D eigenvalue weighted by Gasteiger charge is -2.31. The standard InChI is InChI=1S/C13H18FNO2S/c1-13(2,12(16)17)15(3)8-9-18-11-6-4-10(14)5-7-11/h4-7H,8-9H2,1-3H3,(H,16,17). The third-order valence-corrected chi connectivity index (χ3v) is 3.98. The second-order valence-corrected chi connectivity index (χ2v) is 5.76. The first-order chi connectivity index (χ1) is 8.34. The van der Waals surface area contributed by atoms with Gasteiger partial charge in [0, 0.05) is 17.2 Å². The van der Waals surface area contributed by atoms with Crippen LogP contribution in [0.15, 0.2) is 29.2 Å². The van der Waals surface area contributed by atoms with Crippen molar-refractivity contribution in [1.82, 2.24) is 4.90 Å². The molecule has 0 amide bonds. The third-order valence-electron chi connectivity index (χ3n) is 2.99. The summed E-state index contributed by atoms with van der Waals surface area (Å²) in [4.78, 5) is 13.8. The van der Waals surface area contributed by atoms with Crippen LogP contribution in [0.5, 0.6) is 0 Å². The van der Waals surface area contributed by atoms with Crippen molar-refractivity contribution in [3.63, 3.8) is 0 Å². The highest BCUT2D eigenvalue weighted by molar-refractivity contribution is 7.99. The van der Waals surface area contributed by atoms with Crippen LogP contribution < -0.4 is 0 Å². The van der Waals surface area contributed by atoms with Crippen LogP contribution in [0.3, 0.4) is 0 Å². The fourth-order valence-electron chi connectivity index (χ4n) is 1.27. The number of hydrogen-bond donors (Lipinski definition) is 1. The van der Waals surface area contributed by atoms with E-state index in [9.17, 15) is 9.18 Å². The summed E-state index contributed by atoms with van der Waals surface area (Å²) in [5.74, 6) is -0.320. The van der Waals surface area contributed by atoms with Gasteiger partial charge in [-0.2, -0.15) is 0 Å². The van der Waals surface area contributed by atoms with Gasteiger partial charge < -0.3 is 5.11 Å². The minimum atomic E-state index is -0.872. The van der Waals surface area contributed by atoms with Crippen molar-refractivity contribution in [2.75, 3.05) is 19.3 Å². The van der Waals surface area contributed by atoms with Gasteiger partial charge in [-0.15, -0.1) is 11.8 Å². The molecule has 0 heterocycles. The summed E-state index contributed by atoms with van der Waals surface area (Å²) in [7, 11) is 1.79. The van der Waals surface area contributed by atoms with Crippen LogP contribution in [-0.4, -0.2) is 40.9 Å². The zero-order valence-corrected chi connectivity index (χ0v) is 11.6. The Hall–Kier alpha value is -1.07. The lowest BCUT2D eigenvalue weighted by Crippen LogP contribution is -2.48. The maximum atomic E-state index is 12.7. The molecule has 100 valence electrons. The number of hydrogen-bond acceptors (Lipinski definition) is 3. The number of carbonyl (C=O) groups is 1. The second-order valence-electron chi connectivity index (χ2n) is 4.59. The Kier molecular flexibility index (Phi) is 5.16. The number of carboxylic acid groups (broad SMARTS) is 1. The van der Waals surface area contributed by atoms with Crippen molar-refractivity contribution < 1.29 is 14.3 Å². The van der Waals surface area contributed by atoms with E-state index in [1.165, 1.54) is 12.1 Å². The van der Waals surface area contributed by atoms with Crippen LogP contribution >= 0.6 is 11.8 Å². The minimum absolute atomic E-state index is 0.247. The van der Waals surface area contributed by atoms with Gasteiger partial charge in [-0.3, -0.25) is 9.69 Å². The number of benzene rings is 1. The van der Waals surface area contributed by atoms with E-state index in [2.05, 4.69) is 0 Å². The molecule has 0 spiro atoms. The molecule has 0 atom stereocenters. The van der Waals surface area contributed by atoms with E-state index in [0.717, 1.165) is 10.6 Å². The highest BCUT2D eigenvalue weighted by Crippen LogP contribution is 2.19. The van der Waals surface area contributed by atoms with Crippen molar-refractivity contribution >= 4 is 17.7 Å². The first-order valence-corrected chi connectivity index (χ1v) is 6.65. The second kappa shape index (κ2) is 6.20. The van der Waals surface area contributed by atoms with Gasteiger partial charge in [0.2, 0.25) is 0 Å². The largest absolute Gasteiger partial charge is 0.480 e. The fraction of sp³-hybridized carbons (Fsp3) is 0.462. The number of halogens is 1.